The van der Waals surface area contributed by atoms with E-state index in [1.54, 1.807) is 29.1 Å². The molecule has 0 amide bonds. The molecular weight excluding hydrogens is 388 g/mol. The van der Waals surface area contributed by atoms with Gasteiger partial charge in [-0.25, -0.2) is 9.78 Å². The van der Waals surface area contributed by atoms with E-state index in [0.29, 0.717) is 11.0 Å². The first-order chi connectivity index (χ1) is 9.58. The number of nitrogens with zero attached hydrogens (tertiary/aromatic N) is 2. The molecule has 0 spiro atoms. The van der Waals surface area contributed by atoms with Crippen molar-refractivity contribution in [2.24, 2.45) is 0 Å². The van der Waals surface area contributed by atoms with E-state index in [9.17, 15) is 9.90 Å². The van der Waals surface area contributed by atoms with Gasteiger partial charge < -0.3 is 5.11 Å². The average molecular weight is 396 g/mol. The molecule has 0 saturated heterocycles. The predicted molar refractivity (Wildman–Crippen MR) is 83.4 cm³/mol. The lowest BCUT2D eigenvalue weighted by Crippen LogP contribution is -2.02. The smallest absolute Gasteiger partial charge is 0.337 e. The lowest BCUT2D eigenvalue weighted by atomic mass is 10.2. The monoisotopic (exact) mass is 394 g/mol. The summed E-state index contributed by atoms with van der Waals surface area (Å²) in [5.41, 5.74) is 2.29. The molecule has 0 unspecified atom stereocenters. The average Bonchev–Trinajstić information content (AvgIpc) is 2.85. The van der Waals surface area contributed by atoms with Crippen LogP contribution < -0.4 is 0 Å². The maximum absolute atomic E-state index is 11.4. The van der Waals surface area contributed by atoms with Crippen LogP contribution in [0.3, 0.4) is 0 Å². The molecule has 0 radical (unpaired) electrons. The first-order valence-corrected chi connectivity index (χ1v) is 7.31. The molecule has 0 atom stereocenters. The molecule has 0 saturated carbocycles. The molecule has 0 aliphatic carbocycles. The Morgan fingerprint density at radius 2 is 2.00 bits per heavy atom. The lowest BCUT2D eigenvalue weighted by Gasteiger charge is -2.09. The van der Waals surface area contributed by atoms with Gasteiger partial charge in [0.25, 0.3) is 0 Å². The minimum Gasteiger partial charge on any atom is -0.478 e. The SMILES string of the molecule is O=C(O)c1cccc2ncn(-c3cc(Br)ccc3Br)c12. The molecule has 1 aromatic heterocycles. The topological polar surface area (TPSA) is 55.1 Å². The van der Waals surface area contributed by atoms with Gasteiger partial charge in [-0.05, 0) is 46.3 Å². The first-order valence-electron chi connectivity index (χ1n) is 5.72. The zero-order valence-corrected chi connectivity index (χ0v) is 13.2. The van der Waals surface area contributed by atoms with Crippen molar-refractivity contribution < 1.29 is 9.90 Å². The highest BCUT2D eigenvalue weighted by atomic mass is 79.9. The van der Waals surface area contributed by atoms with Crippen LogP contribution in [0.15, 0.2) is 51.7 Å². The summed E-state index contributed by atoms with van der Waals surface area (Å²) in [5.74, 6) is -0.969. The number of imidazole rings is 1. The number of fused-ring (bicyclic) bond motifs is 1. The number of carbonyl (C=O) groups is 1. The minimum atomic E-state index is -0.969. The van der Waals surface area contributed by atoms with Crippen LogP contribution in [0.1, 0.15) is 10.4 Å². The Labute approximate surface area is 131 Å². The molecule has 3 aromatic rings. The fourth-order valence-electron chi connectivity index (χ4n) is 2.09. The van der Waals surface area contributed by atoms with Gasteiger partial charge >= 0.3 is 5.97 Å². The highest BCUT2D eigenvalue weighted by Gasteiger charge is 2.15. The molecule has 6 heteroatoms. The maximum Gasteiger partial charge on any atom is 0.337 e. The van der Waals surface area contributed by atoms with Crippen LogP contribution in [-0.2, 0) is 0 Å². The summed E-state index contributed by atoms with van der Waals surface area (Å²) in [6.45, 7) is 0. The van der Waals surface area contributed by atoms with E-state index in [1.165, 1.54) is 0 Å². The van der Waals surface area contributed by atoms with Crippen LogP contribution in [0.25, 0.3) is 16.7 Å². The summed E-state index contributed by atoms with van der Waals surface area (Å²) in [6.07, 6.45) is 1.63. The molecular formula is C14H8Br2N2O2. The Bertz CT molecular complexity index is 827. The van der Waals surface area contributed by atoms with Crippen molar-refractivity contribution in [1.29, 1.82) is 0 Å². The second-order valence-electron chi connectivity index (χ2n) is 4.19. The lowest BCUT2D eigenvalue weighted by molar-refractivity contribution is 0.0698. The Kier molecular flexibility index (Phi) is 3.35. The molecule has 4 nitrogen and oxygen atoms in total. The van der Waals surface area contributed by atoms with E-state index in [0.717, 1.165) is 14.6 Å². The van der Waals surface area contributed by atoms with E-state index in [1.807, 2.05) is 18.2 Å². The zero-order valence-electron chi connectivity index (χ0n) is 10.0. The number of aromatic carboxylic acids is 1. The van der Waals surface area contributed by atoms with Crippen molar-refractivity contribution in [3.63, 3.8) is 0 Å². The molecule has 0 fully saturated rings. The fraction of sp³-hybridized carbons (Fsp3) is 0. The zero-order chi connectivity index (χ0) is 14.3. The van der Waals surface area contributed by atoms with Gasteiger partial charge in [0.1, 0.15) is 6.33 Å². The third kappa shape index (κ3) is 2.14. The Morgan fingerprint density at radius 3 is 2.75 bits per heavy atom. The van der Waals surface area contributed by atoms with Crippen molar-refractivity contribution >= 4 is 48.9 Å². The summed E-state index contributed by atoms with van der Waals surface area (Å²) < 4.78 is 3.54. The van der Waals surface area contributed by atoms with Crippen molar-refractivity contribution in [1.82, 2.24) is 9.55 Å². The van der Waals surface area contributed by atoms with Crippen molar-refractivity contribution in [3.05, 3.63) is 57.2 Å². The molecule has 2 aromatic carbocycles. The number of para-hydroxylation sites is 1. The van der Waals surface area contributed by atoms with Gasteiger partial charge in [-0.1, -0.05) is 22.0 Å². The number of hydrogen-bond acceptors (Lipinski definition) is 2. The van der Waals surface area contributed by atoms with Gasteiger partial charge in [-0.15, -0.1) is 0 Å². The van der Waals surface area contributed by atoms with Gasteiger partial charge in [0.15, 0.2) is 0 Å². The van der Waals surface area contributed by atoms with Gasteiger partial charge in [-0.3, -0.25) is 4.57 Å². The van der Waals surface area contributed by atoms with E-state index in [-0.39, 0.29) is 5.56 Å². The Balaban J connectivity index is 2.37. The molecule has 20 heavy (non-hydrogen) atoms. The van der Waals surface area contributed by atoms with Gasteiger partial charge in [0.05, 0.1) is 22.3 Å². The number of hydrogen-bond donors (Lipinski definition) is 1. The van der Waals surface area contributed by atoms with Crippen molar-refractivity contribution in [2.45, 2.75) is 0 Å². The number of carboxylic acids is 1. The van der Waals surface area contributed by atoms with E-state index >= 15 is 0 Å². The van der Waals surface area contributed by atoms with Crippen molar-refractivity contribution in [3.8, 4) is 5.69 Å². The number of benzene rings is 2. The quantitative estimate of drug-likeness (QED) is 0.705. The normalized spacial score (nSPS) is 10.9. The van der Waals surface area contributed by atoms with Crippen LogP contribution in [0.5, 0.6) is 0 Å². The molecule has 1 N–H and O–H groups in total. The third-order valence-corrected chi connectivity index (χ3v) is 4.13. The van der Waals surface area contributed by atoms with Crippen LogP contribution in [0.2, 0.25) is 0 Å². The second-order valence-corrected chi connectivity index (χ2v) is 5.96. The number of rotatable bonds is 2. The largest absolute Gasteiger partial charge is 0.478 e. The fourth-order valence-corrected chi connectivity index (χ4v) is 2.88. The van der Waals surface area contributed by atoms with Crippen molar-refractivity contribution in [2.75, 3.05) is 0 Å². The number of aromatic nitrogens is 2. The predicted octanol–water partition coefficient (Wildman–Crippen LogP) is 4.25. The summed E-state index contributed by atoms with van der Waals surface area (Å²) in [4.78, 5) is 15.7. The third-order valence-electron chi connectivity index (χ3n) is 2.97. The Hall–Kier alpha value is -1.66. The molecule has 0 bridgehead atoms. The van der Waals surface area contributed by atoms with Gasteiger partial charge in [0.2, 0.25) is 0 Å². The molecule has 1 heterocycles. The van der Waals surface area contributed by atoms with E-state index in [2.05, 4.69) is 36.8 Å². The van der Waals surface area contributed by atoms with Crippen LogP contribution >= 0.6 is 31.9 Å². The van der Waals surface area contributed by atoms with E-state index in [4.69, 9.17) is 0 Å². The highest BCUT2D eigenvalue weighted by Crippen LogP contribution is 2.29. The van der Waals surface area contributed by atoms with Gasteiger partial charge in [0, 0.05) is 8.95 Å². The number of halogens is 2. The minimum absolute atomic E-state index is 0.229. The van der Waals surface area contributed by atoms with Crippen LogP contribution in [0.4, 0.5) is 0 Å². The summed E-state index contributed by atoms with van der Waals surface area (Å²) in [7, 11) is 0. The standard InChI is InChI=1S/C14H8Br2N2O2/c15-8-4-5-10(16)12(6-8)18-7-17-11-3-1-2-9(13(11)18)14(19)20/h1-7H,(H,19,20). The molecule has 100 valence electrons. The molecule has 0 aliphatic rings. The highest BCUT2D eigenvalue weighted by molar-refractivity contribution is 9.11. The molecule has 0 aliphatic heterocycles. The van der Waals surface area contributed by atoms with Gasteiger partial charge in [-0.2, -0.15) is 0 Å². The Morgan fingerprint density at radius 1 is 1.20 bits per heavy atom. The van der Waals surface area contributed by atoms with Crippen LogP contribution in [-0.4, -0.2) is 20.6 Å². The maximum atomic E-state index is 11.4. The first kappa shape index (κ1) is 13.3. The second kappa shape index (κ2) is 5.03. The number of carboxylic acid groups (broad SMARTS) is 1. The molecule has 3 rings (SSSR count). The van der Waals surface area contributed by atoms with Crippen LogP contribution in [0, 0.1) is 0 Å². The van der Waals surface area contributed by atoms with E-state index < -0.39 is 5.97 Å². The summed E-state index contributed by atoms with van der Waals surface area (Å²) in [6, 6.07) is 10.8. The summed E-state index contributed by atoms with van der Waals surface area (Å²) in [5, 5.41) is 9.33. The summed E-state index contributed by atoms with van der Waals surface area (Å²) >= 11 is 6.90.